The SMILES string of the molecule is CCCCCCCCCCCCCCCCCCCNC(=O)c1ccc(C(=O)NCCCCCCCCCCCCCCCCCCC)c(OCCCCCCCCCCCCCCCC)c1. The van der Waals surface area contributed by atoms with Crippen molar-refractivity contribution in [3.05, 3.63) is 29.3 Å². The van der Waals surface area contributed by atoms with Crippen LogP contribution in [-0.2, 0) is 0 Å². The molecular formula is C62H116N2O3. The first-order valence-electron chi connectivity index (χ1n) is 30.5. The third-order valence-corrected chi connectivity index (χ3v) is 14.4. The van der Waals surface area contributed by atoms with Gasteiger partial charge in [-0.1, -0.05) is 310 Å². The molecule has 5 nitrogen and oxygen atoms in total. The zero-order chi connectivity index (χ0) is 48.2. The Balaban J connectivity index is 2.35. The third kappa shape index (κ3) is 42.6. The molecule has 0 unspecified atom stereocenters. The minimum absolute atomic E-state index is 0.0757. The monoisotopic (exact) mass is 937 g/mol. The molecule has 392 valence electrons. The van der Waals surface area contributed by atoms with Crippen LogP contribution in [0.2, 0.25) is 0 Å². The van der Waals surface area contributed by atoms with Crippen molar-refractivity contribution >= 4 is 11.8 Å². The molecule has 1 aromatic carbocycles. The minimum Gasteiger partial charge on any atom is -0.493 e. The Morgan fingerprint density at radius 1 is 0.328 bits per heavy atom. The molecule has 0 atom stereocenters. The molecule has 0 bridgehead atoms. The average Bonchev–Trinajstić information content (AvgIpc) is 3.34. The fraction of sp³-hybridized carbons (Fsp3) is 0.871. The molecule has 0 heterocycles. The van der Waals surface area contributed by atoms with Gasteiger partial charge in [-0.2, -0.15) is 0 Å². The molecule has 1 aromatic rings. The summed E-state index contributed by atoms with van der Waals surface area (Å²) in [5.41, 5.74) is 1.12. The predicted octanol–water partition coefficient (Wildman–Crippen LogP) is 20.3. The van der Waals surface area contributed by atoms with E-state index in [1.807, 2.05) is 0 Å². The van der Waals surface area contributed by atoms with Crippen molar-refractivity contribution in [3.63, 3.8) is 0 Å². The van der Waals surface area contributed by atoms with Gasteiger partial charge < -0.3 is 15.4 Å². The van der Waals surface area contributed by atoms with Gasteiger partial charge in [0.05, 0.1) is 12.2 Å². The summed E-state index contributed by atoms with van der Waals surface area (Å²) in [5.74, 6) is 0.372. The van der Waals surface area contributed by atoms with E-state index in [1.54, 1.807) is 18.2 Å². The third-order valence-electron chi connectivity index (χ3n) is 14.4. The quantitative estimate of drug-likeness (QED) is 0.0640. The molecule has 0 aromatic heterocycles. The maximum atomic E-state index is 13.4. The number of nitrogens with one attached hydrogen (secondary N) is 2. The van der Waals surface area contributed by atoms with Crippen LogP contribution < -0.4 is 15.4 Å². The van der Waals surface area contributed by atoms with Crippen LogP contribution in [0.5, 0.6) is 5.75 Å². The lowest BCUT2D eigenvalue weighted by Gasteiger charge is -2.14. The zero-order valence-electron chi connectivity index (χ0n) is 45.5. The number of carbonyl (C=O) groups is 2. The number of rotatable bonds is 54. The summed E-state index contributed by atoms with van der Waals surface area (Å²) < 4.78 is 6.30. The van der Waals surface area contributed by atoms with Crippen LogP contribution in [0.4, 0.5) is 0 Å². The van der Waals surface area contributed by atoms with Crippen molar-refractivity contribution in [3.8, 4) is 5.75 Å². The largest absolute Gasteiger partial charge is 0.493 e. The van der Waals surface area contributed by atoms with Crippen LogP contribution >= 0.6 is 0 Å². The smallest absolute Gasteiger partial charge is 0.255 e. The van der Waals surface area contributed by atoms with Crippen LogP contribution in [0.3, 0.4) is 0 Å². The molecule has 1 rings (SSSR count). The topological polar surface area (TPSA) is 67.4 Å². The van der Waals surface area contributed by atoms with Gasteiger partial charge in [-0.25, -0.2) is 0 Å². The lowest BCUT2D eigenvalue weighted by atomic mass is 10.0. The van der Waals surface area contributed by atoms with Gasteiger partial charge in [0, 0.05) is 18.7 Å². The predicted molar refractivity (Wildman–Crippen MR) is 295 cm³/mol. The average molecular weight is 938 g/mol. The number of carbonyl (C=O) groups excluding carboxylic acids is 2. The lowest BCUT2D eigenvalue weighted by molar-refractivity contribution is 0.0937. The number of benzene rings is 1. The highest BCUT2D eigenvalue weighted by molar-refractivity contribution is 6.00. The first-order chi connectivity index (χ1) is 33.1. The molecule has 0 saturated heterocycles. The number of unbranched alkanes of at least 4 members (excludes halogenated alkanes) is 45. The molecule has 0 aliphatic heterocycles. The van der Waals surface area contributed by atoms with Gasteiger partial charge in [0.1, 0.15) is 5.75 Å². The highest BCUT2D eigenvalue weighted by atomic mass is 16.5. The van der Waals surface area contributed by atoms with Crippen molar-refractivity contribution in [2.45, 2.75) is 329 Å². The summed E-state index contributed by atoms with van der Waals surface area (Å²) in [5, 5.41) is 6.31. The van der Waals surface area contributed by atoms with Crippen molar-refractivity contribution in [2.24, 2.45) is 0 Å². The summed E-state index contributed by atoms with van der Waals surface area (Å²) in [6.45, 7) is 8.81. The van der Waals surface area contributed by atoms with Crippen LogP contribution in [-0.4, -0.2) is 31.5 Å². The molecule has 0 aliphatic carbocycles. The Kier molecular flexibility index (Phi) is 48.7. The van der Waals surface area contributed by atoms with E-state index < -0.39 is 0 Å². The van der Waals surface area contributed by atoms with Gasteiger partial charge in [-0.15, -0.1) is 0 Å². The summed E-state index contributed by atoms with van der Waals surface area (Å²) in [6, 6.07) is 5.40. The lowest BCUT2D eigenvalue weighted by Crippen LogP contribution is -2.26. The number of hydrogen-bond acceptors (Lipinski definition) is 3. The van der Waals surface area contributed by atoms with Crippen molar-refractivity contribution in [1.29, 1.82) is 0 Å². The fourth-order valence-electron chi connectivity index (χ4n) is 9.75. The maximum absolute atomic E-state index is 13.4. The van der Waals surface area contributed by atoms with Crippen LogP contribution in [0.1, 0.15) is 350 Å². The first kappa shape index (κ1) is 63.0. The van der Waals surface area contributed by atoms with E-state index in [4.69, 9.17) is 4.74 Å². The van der Waals surface area contributed by atoms with E-state index in [1.165, 1.54) is 270 Å². The molecular weight excluding hydrogens is 821 g/mol. The van der Waals surface area contributed by atoms with Gasteiger partial charge >= 0.3 is 0 Å². The summed E-state index contributed by atoms with van der Waals surface area (Å²) in [7, 11) is 0. The summed E-state index contributed by atoms with van der Waals surface area (Å²) >= 11 is 0. The van der Waals surface area contributed by atoms with Gasteiger partial charge in [0.25, 0.3) is 11.8 Å². The molecule has 5 heteroatoms. The Hall–Kier alpha value is -2.04. The second kappa shape index (κ2) is 51.8. The second-order valence-electron chi connectivity index (χ2n) is 21.0. The zero-order valence-corrected chi connectivity index (χ0v) is 45.5. The molecule has 0 fully saturated rings. The van der Waals surface area contributed by atoms with E-state index in [9.17, 15) is 9.59 Å². The molecule has 0 radical (unpaired) electrons. The Bertz CT molecular complexity index is 1190. The number of amides is 2. The Morgan fingerprint density at radius 2 is 0.582 bits per heavy atom. The van der Waals surface area contributed by atoms with E-state index in [0.29, 0.717) is 36.6 Å². The highest BCUT2D eigenvalue weighted by Gasteiger charge is 2.16. The van der Waals surface area contributed by atoms with Crippen LogP contribution in [0.15, 0.2) is 18.2 Å². The van der Waals surface area contributed by atoms with E-state index in [-0.39, 0.29) is 11.8 Å². The standard InChI is InChI=1S/C62H116N2O3/c1-4-7-10-13-16-19-22-25-28-30-32-34-37-40-43-46-49-54-63-61(65)58-52-53-59(60(57-58)67-56-51-48-45-42-39-36-27-24-21-18-15-12-9-6-3)62(66)64-55-50-47-44-41-38-35-33-31-29-26-23-20-17-14-11-8-5-2/h52-53,57H,4-51,54-56H2,1-3H3,(H,63,65)(H,64,66). The van der Waals surface area contributed by atoms with Gasteiger partial charge in [0.2, 0.25) is 0 Å². The van der Waals surface area contributed by atoms with E-state index >= 15 is 0 Å². The molecule has 2 N–H and O–H groups in total. The maximum Gasteiger partial charge on any atom is 0.255 e. The van der Waals surface area contributed by atoms with Crippen molar-refractivity contribution in [2.75, 3.05) is 19.7 Å². The van der Waals surface area contributed by atoms with Crippen molar-refractivity contribution in [1.82, 2.24) is 10.6 Å². The normalized spacial score (nSPS) is 11.4. The Labute approximate surface area is 418 Å². The molecule has 0 aliphatic rings. The molecule has 0 saturated carbocycles. The molecule has 0 spiro atoms. The number of hydrogen-bond donors (Lipinski definition) is 2. The molecule has 2 amide bonds. The summed E-state index contributed by atoms with van der Waals surface area (Å²) in [6.07, 6.45) is 64.3. The van der Waals surface area contributed by atoms with Crippen molar-refractivity contribution < 1.29 is 14.3 Å². The van der Waals surface area contributed by atoms with Gasteiger partial charge in [0.15, 0.2) is 0 Å². The Morgan fingerprint density at radius 3 is 0.881 bits per heavy atom. The van der Waals surface area contributed by atoms with Gasteiger partial charge in [-0.3, -0.25) is 9.59 Å². The fourth-order valence-corrected chi connectivity index (χ4v) is 9.75. The number of ether oxygens (including phenoxy) is 1. The second-order valence-corrected chi connectivity index (χ2v) is 21.0. The van der Waals surface area contributed by atoms with Gasteiger partial charge in [-0.05, 0) is 37.5 Å². The minimum atomic E-state index is -0.0945. The van der Waals surface area contributed by atoms with Crippen LogP contribution in [0, 0.1) is 0 Å². The van der Waals surface area contributed by atoms with E-state index in [0.717, 1.165) is 38.5 Å². The van der Waals surface area contributed by atoms with E-state index in [2.05, 4.69) is 31.4 Å². The summed E-state index contributed by atoms with van der Waals surface area (Å²) in [4.78, 5) is 26.7. The molecule has 67 heavy (non-hydrogen) atoms. The first-order valence-corrected chi connectivity index (χ1v) is 30.5. The highest BCUT2D eigenvalue weighted by Crippen LogP contribution is 2.23. The van der Waals surface area contributed by atoms with Crippen LogP contribution in [0.25, 0.3) is 0 Å².